The third-order valence-corrected chi connectivity index (χ3v) is 6.75. The summed E-state index contributed by atoms with van der Waals surface area (Å²) in [6, 6.07) is 2.28. The Bertz CT molecular complexity index is 581. The normalized spacial score (nSPS) is 26.3. The van der Waals surface area contributed by atoms with Gasteiger partial charge in [-0.3, -0.25) is 0 Å². The highest BCUT2D eigenvalue weighted by atomic mass is 32.2. The van der Waals surface area contributed by atoms with Gasteiger partial charge in [0.25, 0.3) is 0 Å². The number of hydrogen-bond acceptors (Lipinski definition) is 5. The van der Waals surface area contributed by atoms with Crippen LogP contribution in [0, 0.1) is 5.92 Å². The van der Waals surface area contributed by atoms with E-state index < -0.39 is 10.0 Å². The fourth-order valence-corrected chi connectivity index (χ4v) is 5.05. The monoisotopic (exact) mass is 330 g/mol. The molecule has 2 unspecified atom stereocenters. The van der Waals surface area contributed by atoms with Gasteiger partial charge in [0.15, 0.2) is 0 Å². The van der Waals surface area contributed by atoms with E-state index in [1.807, 2.05) is 12.3 Å². The van der Waals surface area contributed by atoms with Gasteiger partial charge in [-0.15, -0.1) is 11.3 Å². The number of rotatable bonds is 7. The Hall–Kier alpha value is -0.470. The summed E-state index contributed by atoms with van der Waals surface area (Å²) in [5.41, 5.74) is 0. The van der Waals surface area contributed by atoms with Crippen LogP contribution in [0.4, 0.5) is 0 Å². The molecule has 1 aromatic heterocycles. The first-order chi connectivity index (χ1) is 10.1. The molecular weight excluding hydrogens is 308 g/mol. The molecule has 1 aliphatic carbocycles. The lowest BCUT2D eigenvalue weighted by atomic mass is 10.0. The third-order valence-electron chi connectivity index (χ3n) is 4.19. The van der Waals surface area contributed by atoms with Gasteiger partial charge in [0.2, 0.25) is 10.0 Å². The summed E-state index contributed by atoms with van der Waals surface area (Å²) in [7, 11) is -3.42. The van der Waals surface area contributed by atoms with E-state index in [4.69, 9.17) is 4.74 Å². The Labute approximate surface area is 130 Å². The highest BCUT2D eigenvalue weighted by Crippen LogP contribution is 2.25. The molecule has 2 fully saturated rings. The van der Waals surface area contributed by atoms with Crippen molar-refractivity contribution in [1.29, 1.82) is 0 Å². The number of hydrogen-bond donors (Lipinski definition) is 2. The zero-order valence-electron chi connectivity index (χ0n) is 12.2. The van der Waals surface area contributed by atoms with E-state index in [1.165, 1.54) is 24.2 Å². The van der Waals surface area contributed by atoms with Crippen LogP contribution in [0.5, 0.6) is 0 Å². The first kappa shape index (κ1) is 15.4. The zero-order valence-corrected chi connectivity index (χ0v) is 13.8. The van der Waals surface area contributed by atoms with Gasteiger partial charge in [-0.2, -0.15) is 0 Å². The summed E-state index contributed by atoms with van der Waals surface area (Å²) in [6.07, 6.45) is 3.45. The largest absolute Gasteiger partial charge is 0.378 e. The summed E-state index contributed by atoms with van der Waals surface area (Å²) in [5, 5.41) is 5.22. The van der Waals surface area contributed by atoms with Crippen molar-refractivity contribution >= 4 is 21.4 Å². The highest BCUT2D eigenvalue weighted by Gasteiger charge is 2.28. The highest BCUT2D eigenvalue weighted by molar-refractivity contribution is 7.89. The first-order valence-electron chi connectivity index (χ1n) is 7.47. The molecule has 2 atom stereocenters. The van der Waals surface area contributed by atoms with E-state index in [0.29, 0.717) is 24.0 Å². The van der Waals surface area contributed by atoms with Gasteiger partial charge in [0.05, 0.1) is 11.0 Å². The van der Waals surface area contributed by atoms with Crippen LogP contribution in [0.2, 0.25) is 0 Å². The molecule has 0 radical (unpaired) electrons. The van der Waals surface area contributed by atoms with Crippen molar-refractivity contribution in [2.45, 2.75) is 49.8 Å². The van der Waals surface area contributed by atoms with Crippen molar-refractivity contribution in [1.82, 2.24) is 10.0 Å². The molecule has 0 aromatic carbocycles. The Kier molecular flexibility index (Phi) is 4.66. The molecule has 1 saturated carbocycles. The van der Waals surface area contributed by atoms with Crippen LogP contribution in [0.1, 0.15) is 31.1 Å². The number of thiophene rings is 1. The molecule has 5 nitrogen and oxygen atoms in total. The van der Waals surface area contributed by atoms with E-state index >= 15 is 0 Å². The maximum absolute atomic E-state index is 12.5. The minimum atomic E-state index is -3.42. The van der Waals surface area contributed by atoms with Crippen LogP contribution in [-0.4, -0.2) is 33.7 Å². The Morgan fingerprint density at radius 3 is 2.86 bits per heavy atom. The van der Waals surface area contributed by atoms with Crippen molar-refractivity contribution in [3.05, 3.63) is 16.3 Å². The van der Waals surface area contributed by atoms with Crippen molar-refractivity contribution in [3.63, 3.8) is 0 Å². The van der Waals surface area contributed by atoms with Gasteiger partial charge < -0.3 is 10.1 Å². The van der Waals surface area contributed by atoms with Gasteiger partial charge in [-0.25, -0.2) is 13.1 Å². The molecule has 1 aliphatic heterocycles. The smallest absolute Gasteiger partial charge is 0.241 e. The van der Waals surface area contributed by atoms with Crippen molar-refractivity contribution in [3.8, 4) is 0 Å². The Balaban J connectivity index is 1.62. The van der Waals surface area contributed by atoms with Crippen LogP contribution in [0.25, 0.3) is 0 Å². The number of sulfonamides is 1. The lowest BCUT2D eigenvalue weighted by molar-refractivity contribution is 0.107. The topological polar surface area (TPSA) is 67.4 Å². The average Bonchev–Trinajstić information content (AvgIpc) is 2.98. The van der Waals surface area contributed by atoms with Crippen molar-refractivity contribution < 1.29 is 13.2 Å². The Morgan fingerprint density at radius 1 is 1.38 bits per heavy atom. The summed E-state index contributed by atoms with van der Waals surface area (Å²) in [4.78, 5) is 1.32. The van der Waals surface area contributed by atoms with Crippen LogP contribution >= 0.6 is 11.3 Å². The zero-order chi connectivity index (χ0) is 14.9. The number of ether oxygens (including phenoxy) is 1. The van der Waals surface area contributed by atoms with E-state index in [1.54, 1.807) is 6.07 Å². The molecule has 21 heavy (non-hydrogen) atoms. The summed E-state index contributed by atoms with van der Waals surface area (Å²) in [6.45, 7) is 3.82. The lowest BCUT2D eigenvalue weighted by Gasteiger charge is -2.15. The van der Waals surface area contributed by atoms with Gasteiger partial charge in [-0.05, 0) is 37.6 Å². The fraction of sp³-hybridized carbons (Fsp3) is 0.714. The summed E-state index contributed by atoms with van der Waals surface area (Å²) >= 11 is 1.50. The van der Waals surface area contributed by atoms with Crippen LogP contribution in [0.3, 0.4) is 0 Å². The average molecular weight is 330 g/mol. The second-order valence-corrected chi connectivity index (χ2v) is 8.58. The van der Waals surface area contributed by atoms with Crippen LogP contribution in [0.15, 0.2) is 16.3 Å². The maximum Gasteiger partial charge on any atom is 0.241 e. The molecule has 0 amide bonds. The van der Waals surface area contributed by atoms with Crippen molar-refractivity contribution in [2.75, 3.05) is 13.2 Å². The first-order valence-corrected chi connectivity index (χ1v) is 9.83. The molecule has 0 bridgehead atoms. The van der Waals surface area contributed by atoms with E-state index in [-0.39, 0.29) is 12.0 Å². The third kappa shape index (κ3) is 3.84. The molecular formula is C14H22N2O3S2. The lowest BCUT2D eigenvalue weighted by Crippen LogP contribution is -2.32. The second-order valence-electron chi connectivity index (χ2n) is 5.84. The van der Waals surface area contributed by atoms with Gasteiger partial charge in [0.1, 0.15) is 0 Å². The molecule has 1 aromatic rings. The minimum absolute atomic E-state index is 0.131. The van der Waals surface area contributed by atoms with E-state index in [9.17, 15) is 8.42 Å². The number of nitrogens with one attached hydrogen (secondary N) is 2. The van der Waals surface area contributed by atoms with Gasteiger partial charge in [0, 0.05) is 36.5 Å². The second kappa shape index (κ2) is 6.34. The summed E-state index contributed by atoms with van der Waals surface area (Å²) < 4.78 is 33.2. The molecule has 3 rings (SSSR count). The molecule has 2 N–H and O–H groups in total. The fourth-order valence-electron chi connectivity index (χ4n) is 2.56. The molecule has 2 heterocycles. The standard InChI is InChI=1S/C14H22N2O3S2/c1-10-11(4-6-19-10)8-16-21(17,18)14-5-7-20-13(14)9-15-12-2-3-12/h5,7,10-12,15-16H,2-4,6,8-9H2,1H3. The summed E-state index contributed by atoms with van der Waals surface area (Å²) in [5.74, 6) is 0.270. The van der Waals surface area contributed by atoms with Crippen LogP contribution < -0.4 is 10.0 Å². The van der Waals surface area contributed by atoms with Crippen LogP contribution in [-0.2, 0) is 21.3 Å². The van der Waals surface area contributed by atoms with Gasteiger partial charge in [-0.1, -0.05) is 0 Å². The van der Waals surface area contributed by atoms with E-state index in [0.717, 1.165) is 17.9 Å². The maximum atomic E-state index is 12.5. The van der Waals surface area contributed by atoms with Crippen molar-refractivity contribution in [2.24, 2.45) is 5.92 Å². The molecule has 118 valence electrons. The minimum Gasteiger partial charge on any atom is -0.378 e. The molecule has 7 heteroatoms. The molecule has 0 spiro atoms. The quantitative estimate of drug-likeness (QED) is 0.798. The van der Waals surface area contributed by atoms with Gasteiger partial charge >= 0.3 is 0 Å². The molecule has 1 saturated heterocycles. The predicted molar refractivity (Wildman–Crippen MR) is 82.9 cm³/mol. The van der Waals surface area contributed by atoms with E-state index in [2.05, 4.69) is 10.0 Å². The SMILES string of the molecule is CC1OCCC1CNS(=O)(=O)c1ccsc1CNC1CC1. The Morgan fingerprint density at radius 2 is 2.19 bits per heavy atom. The predicted octanol–water partition coefficient (Wildman–Crippen LogP) is 1.70. The molecule has 2 aliphatic rings.